The van der Waals surface area contributed by atoms with Gasteiger partial charge in [-0.25, -0.2) is 12.8 Å². The van der Waals surface area contributed by atoms with E-state index in [2.05, 4.69) is 15.0 Å². The van der Waals surface area contributed by atoms with Crippen LogP contribution in [-0.4, -0.2) is 25.9 Å². The van der Waals surface area contributed by atoms with Gasteiger partial charge in [0.15, 0.2) is 6.61 Å². The minimum absolute atomic E-state index is 0.208. The van der Waals surface area contributed by atoms with E-state index in [4.69, 9.17) is 16.3 Å². The van der Waals surface area contributed by atoms with Gasteiger partial charge in [0, 0.05) is 24.1 Å². The molecule has 1 amide bonds. The van der Waals surface area contributed by atoms with E-state index in [1.807, 2.05) is 0 Å². The number of ether oxygens (including phenoxy) is 1. The number of carbonyl (C=O) groups is 1. The zero-order chi connectivity index (χ0) is 21.7. The normalized spacial score (nSPS) is 11.0. The van der Waals surface area contributed by atoms with Crippen LogP contribution in [0.1, 0.15) is 5.56 Å². The van der Waals surface area contributed by atoms with E-state index < -0.39 is 15.8 Å². The Morgan fingerprint density at radius 1 is 1.10 bits per heavy atom. The van der Waals surface area contributed by atoms with Crippen molar-refractivity contribution in [3.05, 3.63) is 77.3 Å². The lowest BCUT2D eigenvalue weighted by atomic mass is 10.2. The summed E-state index contributed by atoms with van der Waals surface area (Å²) < 4.78 is 46.3. The molecule has 3 rings (SSSR count). The monoisotopic (exact) mass is 449 g/mol. The number of hydrogen-bond donors (Lipinski definition) is 2. The molecule has 0 saturated carbocycles. The standard InChI is InChI=1S/C20H17ClFN3O4S/c1-13-8-16(25-30(27,28)19-3-2-14(22)10-18(19)21)11-17(9-13)29-12-20(26)24-15-4-6-23-7-5-15/h2-11,25H,12H2,1H3,(H,23,24,26). The molecule has 0 spiro atoms. The van der Waals surface area contributed by atoms with Gasteiger partial charge in [-0.1, -0.05) is 11.6 Å². The highest BCUT2D eigenvalue weighted by Gasteiger charge is 2.19. The third kappa shape index (κ3) is 5.68. The molecule has 0 aliphatic carbocycles. The number of halogens is 2. The first-order valence-electron chi connectivity index (χ1n) is 8.65. The van der Waals surface area contributed by atoms with Gasteiger partial charge in [0.1, 0.15) is 16.5 Å². The molecule has 3 aromatic rings. The molecule has 0 unspecified atom stereocenters. The van der Waals surface area contributed by atoms with Crippen LogP contribution in [0.4, 0.5) is 15.8 Å². The number of nitrogens with zero attached hydrogens (tertiary/aromatic N) is 1. The topological polar surface area (TPSA) is 97.4 Å². The first-order chi connectivity index (χ1) is 14.2. The van der Waals surface area contributed by atoms with Crippen LogP contribution in [0.2, 0.25) is 5.02 Å². The quantitative estimate of drug-likeness (QED) is 0.568. The first kappa shape index (κ1) is 21.5. The SMILES string of the molecule is Cc1cc(NS(=O)(=O)c2ccc(F)cc2Cl)cc(OCC(=O)Nc2ccncc2)c1. The van der Waals surface area contributed by atoms with Crippen LogP contribution in [-0.2, 0) is 14.8 Å². The van der Waals surface area contributed by atoms with Gasteiger partial charge in [0.25, 0.3) is 15.9 Å². The van der Waals surface area contributed by atoms with Crippen molar-refractivity contribution in [1.82, 2.24) is 4.98 Å². The molecule has 0 fully saturated rings. The number of nitrogens with one attached hydrogen (secondary N) is 2. The van der Waals surface area contributed by atoms with Crippen LogP contribution in [0.3, 0.4) is 0 Å². The Bertz CT molecular complexity index is 1170. The minimum atomic E-state index is -4.06. The lowest BCUT2D eigenvalue weighted by molar-refractivity contribution is -0.118. The fraction of sp³-hybridized carbons (Fsp3) is 0.100. The van der Waals surface area contributed by atoms with Crippen molar-refractivity contribution in [2.45, 2.75) is 11.8 Å². The maximum Gasteiger partial charge on any atom is 0.263 e. The van der Waals surface area contributed by atoms with Crippen LogP contribution < -0.4 is 14.8 Å². The fourth-order valence-electron chi connectivity index (χ4n) is 2.57. The summed E-state index contributed by atoms with van der Waals surface area (Å²) >= 11 is 5.86. The largest absolute Gasteiger partial charge is 0.484 e. The van der Waals surface area contributed by atoms with Crippen molar-refractivity contribution >= 4 is 38.9 Å². The minimum Gasteiger partial charge on any atom is -0.484 e. The van der Waals surface area contributed by atoms with Gasteiger partial charge < -0.3 is 10.1 Å². The second-order valence-corrected chi connectivity index (χ2v) is 8.35. The summed E-state index contributed by atoms with van der Waals surface area (Å²) in [7, 11) is -4.06. The van der Waals surface area contributed by atoms with Crippen molar-refractivity contribution in [3.8, 4) is 5.75 Å². The van der Waals surface area contributed by atoms with Crippen molar-refractivity contribution < 1.29 is 22.3 Å². The van der Waals surface area contributed by atoms with Crippen LogP contribution in [0.5, 0.6) is 5.75 Å². The van der Waals surface area contributed by atoms with Gasteiger partial charge >= 0.3 is 0 Å². The molecule has 1 aromatic heterocycles. The number of aromatic nitrogens is 1. The van der Waals surface area contributed by atoms with Gasteiger partial charge in [-0.2, -0.15) is 0 Å². The van der Waals surface area contributed by atoms with Crippen LogP contribution >= 0.6 is 11.6 Å². The second kappa shape index (κ2) is 9.10. The molecule has 2 aromatic carbocycles. The van der Waals surface area contributed by atoms with Crippen molar-refractivity contribution in [3.63, 3.8) is 0 Å². The molecule has 0 bridgehead atoms. The molecule has 0 saturated heterocycles. The molecule has 7 nitrogen and oxygen atoms in total. The van der Waals surface area contributed by atoms with E-state index in [9.17, 15) is 17.6 Å². The molecule has 2 N–H and O–H groups in total. The highest BCUT2D eigenvalue weighted by molar-refractivity contribution is 7.92. The Kier molecular flexibility index (Phi) is 6.53. The van der Waals surface area contributed by atoms with E-state index in [0.29, 0.717) is 17.0 Å². The molecule has 0 atom stereocenters. The molecule has 10 heteroatoms. The Morgan fingerprint density at radius 3 is 2.53 bits per heavy atom. The number of hydrogen-bond acceptors (Lipinski definition) is 5. The summed E-state index contributed by atoms with van der Waals surface area (Å²) in [6, 6.07) is 10.9. The third-order valence-electron chi connectivity index (χ3n) is 3.82. The number of anilines is 2. The number of benzene rings is 2. The molecular weight excluding hydrogens is 433 g/mol. The van der Waals surface area contributed by atoms with E-state index >= 15 is 0 Å². The number of amides is 1. The van der Waals surface area contributed by atoms with E-state index in [-0.39, 0.29) is 28.1 Å². The van der Waals surface area contributed by atoms with Gasteiger partial charge in [-0.15, -0.1) is 0 Å². The second-order valence-electron chi connectivity index (χ2n) is 6.29. The summed E-state index contributed by atoms with van der Waals surface area (Å²) in [5.41, 5.74) is 1.48. The molecule has 156 valence electrons. The van der Waals surface area contributed by atoms with Crippen molar-refractivity contribution in [2.75, 3.05) is 16.6 Å². The molecule has 1 heterocycles. The predicted molar refractivity (Wildman–Crippen MR) is 112 cm³/mol. The predicted octanol–water partition coefficient (Wildman–Crippen LogP) is 4.00. The molecule has 0 aliphatic rings. The van der Waals surface area contributed by atoms with Crippen molar-refractivity contribution in [2.24, 2.45) is 0 Å². The number of carbonyl (C=O) groups excluding carboxylic acids is 1. The summed E-state index contributed by atoms with van der Waals surface area (Å²) in [5, 5.41) is 2.41. The highest BCUT2D eigenvalue weighted by atomic mass is 35.5. The van der Waals surface area contributed by atoms with E-state index in [1.165, 1.54) is 6.07 Å². The average molecular weight is 450 g/mol. The zero-order valence-electron chi connectivity index (χ0n) is 15.7. The summed E-state index contributed by atoms with van der Waals surface area (Å²) in [5.74, 6) is -0.735. The first-order valence-corrected chi connectivity index (χ1v) is 10.5. The van der Waals surface area contributed by atoms with Crippen LogP contribution in [0, 0.1) is 12.7 Å². The van der Waals surface area contributed by atoms with E-state index in [0.717, 1.165) is 18.2 Å². The molecule has 0 aliphatic heterocycles. The van der Waals surface area contributed by atoms with Gasteiger partial charge in [0.05, 0.1) is 10.7 Å². The number of sulfonamides is 1. The summed E-state index contributed by atoms with van der Waals surface area (Å²) in [6.07, 6.45) is 3.09. The molecular formula is C20H17ClFN3O4S. The Labute approximate surface area is 177 Å². The molecule has 0 radical (unpaired) electrons. The smallest absolute Gasteiger partial charge is 0.263 e. The van der Waals surface area contributed by atoms with Crippen LogP contribution in [0.15, 0.2) is 65.8 Å². The number of rotatable bonds is 7. The zero-order valence-corrected chi connectivity index (χ0v) is 17.3. The average Bonchev–Trinajstić information content (AvgIpc) is 2.66. The summed E-state index contributed by atoms with van der Waals surface area (Å²) in [6.45, 7) is 1.47. The Hall–Kier alpha value is -3.17. The maximum atomic E-state index is 13.2. The van der Waals surface area contributed by atoms with Gasteiger partial charge in [-0.3, -0.25) is 14.5 Å². The number of pyridine rings is 1. The highest BCUT2D eigenvalue weighted by Crippen LogP contribution is 2.27. The maximum absolute atomic E-state index is 13.2. The third-order valence-corrected chi connectivity index (χ3v) is 5.68. The van der Waals surface area contributed by atoms with Gasteiger partial charge in [0.2, 0.25) is 0 Å². The Balaban J connectivity index is 1.71. The lowest BCUT2D eigenvalue weighted by Gasteiger charge is -2.13. The Morgan fingerprint density at radius 2 is 1.83 bits per heavy atom. The summed E-state index contributed by atoms with van der Waals surface area (Å²) in [4.78, 5) is 15.6. The van der Waals surface area contributed by atoms with Crippen molar-refractivity contribution in [1.29, 1.82) is 0 Å². The van der Waals surface area contributed by atoms with E-state index in [1.54, 1.807) is 43.6 Å². The molecule has 30 heavy (non-hydrogen) atoms. The fourth-order valence-corrected chi connectivity index (χ4v) is 4.15. The number of aryl methyl sites for hydroxylation is 1. The lowest BCUT2D eigenvalue weighted by Crippen LogP contribution is -2.20. The van der Waals surface area contributed by atoms with Gasteiger partial charge in [-0.05, 0) is 55.0 Å². The van der Waals surface area contributed by atoms with Crippen LogP contribution in [0.25, 0.3) is 0 Å².